The third-order valence-corrected chi connectivity index (χ3v) is 5.35. The summed E-state index contributed by atoms with van der Waals surface area (Å²) in [5.74, 6) is -0.0302. The fraction of sp³-hybridized carbons (Fsp3) is 0.300. The molecular formula is C20H20ClF3N6O2S. The minimum Gasteiger partial charge on any atom is -0.342 e. The van der Waals surface area contributed by atoms with E-state index >= 15 is 0 Å². The highest BCUT2D eigenvalue weighted by atomic mass is 35.5. The van der Waals surface area contributed by atoms with E-state index in [9.17, 15) is 22.2 Å². The molecule has 0 saturated carbocycles. The average molecular weight is 501 g/mol. The maximum atomic E-state index is 13.0. The lowest BCUT2D eigenvalue weighted by Crippen LogP contribution is -2.29. The minimum absolute atomic E-state index is 0.205. The van der Waals surface area contributed by atoms with Crippen molar-refractivity contribution in [2.45, 2.75) is 25.7 Å². The van der Waals surface area contributed by atoms with Crippen LogP contribution in [0.15, 0.2) is 47.2 Å². The fourth-order valence-electron chi connectivity index (χ4n) is 2.82. The Balaban J connectivity index is 1.79. The summed E-state index contributed by atoms with van der Waals surface area (Å²) < 4.78 is 56.3. The molecule has 0 spiro atoms. The van der Waals surface area contributed by atoms with Crippen LogP contribution in [0.5, 0.6) is 0 Å². The van der Waals surface area contributed by atoms with Crippen LogP contribution in [0.25, 0.3) is 5.82 Å². The van der Waals surface area contributed by atoms with E-state index in [1.54, 1.807) is 37.8 Å². The second-order valence-corrected chi connectivity index (χ2v) is 10.5. The summed E-state index contributed by atoms with van der Waals surface area (Å²) in [5.41, 5.74) is -0.504. The molecule has 1 atom stereocenters. The number of alkyl halides is 3. The van der Waals surface area contributed by atoms with Crippen molar-refractivity contribution in [1.29, 1.82) is 0 Å². The van der Waals surface area contributed by atoms with E-state index in [1.807, 2.05) is 0 Å². The van der Waals surface area contributed by atoms with E-state index in [0.717, 1.165) is 23.8 Å². The van der Waals surface area contributed by atoms with Crippen LogP contribution in [0.2, 0.25) is 5.02 Å². The lowest BCUT2D eigenvalue weighted by atomic mass is 10.1. The Kier molecular flexibility index (Phi) is 7.08. The van der Waals surface area contributed by atoms with Crippen LogP contribution in [0.4, 0.5) is 13.2 Å². The van der Waals surface area contributed by atoms with Crippen LogP contribution < -0.4 is 5.32 Å². The minimum atomic E-state index is -4.64. The van der Waals surface area contributed by atoms with Crippen LogP contribution in [-0.2, 0) is 22.5 Å². The molecule has 3 rings (SSSR count). The summed E-state index contributed by atoms with van der Waals surface area (Å²) in [5, 5.41) is 6.51. The molecule has 0 aliphatic rings. The summed E-state index contributed by atoms with van der Waals surface area (Å²) in [4.78, 5) is 21.0. The summed E-state index contributed by atoms with van der Waals surface area (Å²) in [7, 11) is -2.23. The molecular weight excluding hydrogens is 481 g/mol. The Morgan fingerprint density at radius 1 is 1.24 bits per heavy atom. The average Bonchev–Trinajstić information content (AvgIpc) is 3.21. The molecule has 13 heteroatoms. The zero-order valence-corrected chi connectivity index (χ0v) is 19.4. The van der Waals surface area contributed by atoms with Gasteiger partial charge in [0.1, 0.15) is 6.33 Å². The molecule has 3 aromatic rings. The number of halogens is 4. The van der Waals surface area contributed by atoms with Crippen LogP contribution >= 0.6 is 11.6 Å². The van der Waals surface area contributed by atoms with E-state index in [0.29, 0.717) is 11.6 Å². The van der Waals surface area contributed by atoms with Gasteiger partial charge in [0.2, 0.25) is 0 Å². The van der Waals surface area contributed by atoms with Gasteiger partial charge >= 0.3 is 6.18 Å². The van der Waals surface area contributed by atoms with Crippen molar-refractivity contribution in [2.24, 2.45) is 4.36 Å². The number of amides is 1. The normalized spacial score (nSPS) is 12.9. The van der Waals surface area contributed by atoms with Gasteiger partial charge in [-0.1, -0.05) is 17.7 Å². The first kappa shape index (κ1) is 24.6. The highest BCUT2D eigenvalue weighted by molar-refractivity contribution is 7.92. The standard InChI is InChI=1S/C20H20ClF3N6O2S/c1-12(29-19(31)14-6-15(20(22,23)24)8-16(21)7-14)18-26-11-27-30(18)17-5-4-13(9-25-17)10-28-33(2,3)32/h4-9,11-12H,10H2,1-3H3,(H,29,31)/t12-/m0/s1. The monoisotopic (exact) mass is 500 g/mol. The van der Waals surface area contributed by atoms with Crippen molar-refractivity contribution in [3.8, 4) is 5.82 Å². The Labute approximate surface area is 193 Å². The van der Waals surface area contributed by atoms with Crippen LogP contribution in [0.1, 0.15) is 40.3 Å². The number of hydrogen-bond donors (Lipinski definition) is 1. The molecule has 33 heavy (non-hydrogen) atoms. The fourth-order valence-corrected chi connectivity index (χ4v) is 3.51. The zero-order valence-electron chi connectivity index (χ0n) is 17.8. The number of hydrogen-bond acceptors (Lipinski definition) is 6. The third kappa shape index (κ3) is 6.51. The number of pyridine rings is 1. The highest BCUT2D eigenvalue weighted by Gasteiger charge is 2.32. The van der Waals surface area contributed by atoms with Crippen molar-refractivity contribution < 1.29 is 22.2 Å². The molecule has 0 aliphatic heterocycles. The van der Waals surface area contributed by atoms with Crippen molar-refractivity contribution in [1.82, 2.24) is 25.1 Å². The summed E-state index contributed by atoms with van der Waals surface area (Å²) in [6.45, 7) is 1.86. The lowest BCUT2D eigenvalue weighted by Gasteiger charge is -2.15. The van der Waals surface area contributed by atoms with Crippen molar-refractivity contribution in [2.75, 3.05) is 12.5 Å². The van der Waals surface area contributed by atoms with Gasteiger partial charge < -0.3 is 5.32 Å². The second kappa shape index (κ2) is 9.48. The van der Waals surface area contributed by atoms with E-state index in [1.165, 1.54) is 11.0 Å². The number of aromatic nitrogens is 4. The van der Waals surface area contributed by atoms with E-state index in [2.05, 4.69) is 24.7 Å². The molecule has 1 N–H and O–H groups in total. The van der Waals surface area contributed by atoms with Gasteiger partial charge in [-0.2, -0.15) is 23.0 Å². The highest BCUT2D eigenvalue weighted by Crippen LogP contribution is 2.32. The van der Waals surface area contributed by atoms with Crippen LogP contribution in [0, 0.1) is 0 Å². The van der Waals surface area contributed by atoms with Crippen LogP contribution in [-0.4, -0.2) is 42.4 Å². The first-order chi connectivity index (χ1) is 15.3. The Bertz CT molecular complexity index is 1280. The van der Waals surface area contributed by atoms with E-state index < -0.39 is 33.4 Å². The van der Waals surface area contributed by atoms with Gasteiger partial charge in [0.15, 0.2) is 11.6 Å². The first-order valence-corrected chi connectivity index (χ1v) is 12.2. The van der Waals surface area contributed by atoms with E-state index in [-0.39, 0.29) is 17.1 Å². The number of benzene rings is 1. The number of carbonyl (C=O) groups is 1. The maximum absolute atomic E-state index is 13.0. The SMILES string of the molecule is C[C@H](NC(=O)c1cc(Cl)cc(C(F)(F)F)c1)c1ncnn1-c1ccc(CN=S(C)(C)=O)cn1. The van der Waals surface area contributed by atoms with Gasteiger partial charge in [-0.25, -0.2) is 14.3 Å². The van der Waals surface area contributed by atoms with Crippen molar-refractivity contribution in [3.63, 3.8) is 0 Å². The summed E-state index contributed by atoms with van der Waals surface area (Å²) >= 11 is 5.76. The number of nitrogens with one attached hydrogen (secondary N) is 1. The zero-order chi connectivity index (χ0) is 24.4. The molecule has 2 aromatic heterocycles. The van der Waals surface area contributed by atoms with Gasteiger partial charge in [-0.05, 0) is 36.8 Å². The molecule has 0 unspecified atom stereocenters. The molecule has 0 aliphatic carbocycles. The first-order valence-electron chi connectivity index (χ1n) is 9.50. The summed E-state index contributed by atoms with van der Waals surface area (Å²) in [6, 6.07) is 5.33. The topological polar surface area (TPSA) is 102 Å². The molecule has 1 aromatic carbocycles. The lowest BCUT2D eigenvalue weighted by molar-refractivity contribution is -0.137. The van der Waals surface area contributed by atoms with Gasteiger partial charge in [0.25, 0.3) is 5.91 Å². The van der Waals surface area contributed by atoms with Crippen molar-refractivity contribution in [3.05, 3.63) is 70.4 Å². The molecule has 0 radical (unpaired) electrons. The third-order valence-electron chi connectivity index (χ3n) is 4.38. The Morgan fingerprint density at radius 3 is 2.58 bits per heavy atom. The molecule has 8 nitrogen and oxygen atoms in total. The maximum Gasteiger partial charge on any atom is 0.416 e. The molecule has 0 bridgehead atoms. The van der Waals surface area contributed by atoms with Gasteiger partial charge in [-0.3, -0.25) is 9.00 Å². The molecule has 0 fully saturated rings. The van der Waals surface area contributed by atoms with Crippen LogP contribution in [0.3, 0.4) is 0 Å². The molecule has 176 valence electrons. The predicted molar refractivity (Wildman–Crippen MR) is 118 cm³/mol. The van der Waals surface area contributed by atoms with Gasteiger partial charge in [0.05, 0.1) is 18.2 Å². The summed E-state index contributed by atoms with van der Waals surface area (Å²) in [6.07, 6.45) is 1.28. The number of carbonyl (C=O) groups excluding carboxylic acids is 1. The predicted octanol–water partition coefficient (Wildman–Crippen LogP) is 4.05. The number of nitrogens with zero attached hydrogens (tertiary/aromatic N) is 5. The molecule has 1 amide bonds. The second-order valence-electron chi connectivity index (χ2n) is 7.44. The molecule has 0 saturated heterocycles. The smallest absolute Gasteiger partial charge is 0.342 e. The van der Waals surface area contributed by atoms with E-state index in [4.69, 9.17) is 11.6 Å². The number of rotatable bonds is 6. The Morgan fingerprint density at radius 2 is 1.97 bits per heavy atom. The molecule has 2 heterocycles. The van der Waals surface area contributed by atoms with Crippen molar-refractivity contribution >= 4 is 27.2 Å². The quantitative estimate of drug-likeness (QED) is 0.550. The largest absolute Gasteiger partial charge is 0.416 e. The Hall–Kier alpha value is -2.99. The van der Waals surface area contributed by atoms with Gasteiger partial charge in [-0.15, -0.1) is 0 Å². The van der Waals surface area contributed by atoms with Gasteiger partial charge in [0, 0.05) is 39.0 Å².